The largest absolute Gasteiger partial charge is 0.302 e. The molecular formula is C19H15IN6O3S. The van der Waals surface area contributed by atoms with Gasteiger partial charge in [-0.3, -0.25) is 24.6 Å². The van der Waals surface area contributed by atoms with Crippen molar-refractivity contribution in [3.05, 3.63) is 52.2 Å². The van der Waals surface area contributed by atoms with E-state index in [1.807, 2.05) is 22.9 Å². The molecule has 3 aromatic heterocycles. The summed E-state index contributed by atoms with van der Waals surface area (Å²) < 4.78 is 3.39. The molecule has 0 atom stereocenters. The monoisotopic (exact) mass is 534 g/mol. The fourth-order valence-corrected chi connectivity index (χ4v) is 4.85. The van der Waals surface area contributed by atoms with Crippen LogP contribution in [0.15, 0.2) is 36.5 Å². The number of rotatable bonds is 6. The number of aromatic amines is 1. The molecule has 30 heavy (non-hydrogen) atoms. The van der Waals surface area contributed by atoms with Crippen LogP contribution in [0.2, 0.25) is 0 Å². The summed E-state index contributed by atoms with van der Waals surface area (Å²) in [4.78, 5) is 27.2. The van der Waals surface area contributed by atoms with Gasteiger partial charge in [-0.2, -0.15) is 5.10 Å². The minimum Gasteiger partial charge on any atom is -0.302 e. The summed E-state index contributed by atoms with van der Waals surface area (Å²) in [7, 11) is 0. The highest BCUT2D eigenvalue weighted by molar-refractivity contribution is 14.1. The Morgan fingerprint density at radius 2 is 2.23 bits per heavy atom. The molecule has 11 heteroatoms. The maximum absolute atomic E-state index is 12.0. The molecule has 2 N–H and O–H groups in total. The molecule has 1 saturated carbocycles. The van der Waals surface area contributed by atoms with E-state index < -0.39 is 0 Å². The van der Waals surface area contributed by atoms with Crippen LogP contribution in [0.1, 0.15) is 18.4 Å². The summed E-state index contributed by atoms with van der Waals surface area (Å²) in [5.41, 5.74) is 3.34. The highest BCUT2D eigenvalue weighted by Gasteiger charge is 2.30. The highest BCUT2D eigenvalue weighted by atomic mass is 127. The van der Waals surface area contributed by atoms with Gasteiger partial charge in [0.25, 0.3) is 5.69 Å². The van der Waals surface area contributed by atoms with Gasteiger partial charge in [-0.15, -0.1) is 0 Å². The van der Waals surface area contributed by atoms with Crippen molar-refractivity contribution in [2.45, 2.75) is 17.3 Å². The normalized spacial score (nSPS) is 13.6. The van der Waals surface area contributed by atoms with Crippen LogP contribution < -0.4 is 5.32 Å². The molecule has 5 rings (SSSR count). The van der Waals surface area contributed by atoms with Gasteiger partial charge in [0.05, 0.1) is 10.6 Å². The number of aromatic nitrogens is 4. The van der Waals surface area contributed by atoms with Gasteiger partial charge in [0, 0.05) is 34.2 Å². The predicted molar refractivity (Wildman–Crippen MR) is 122 cm³/mol. The van der Waals surface area contributed by atoms with Crippen molar-refractivity contribution in [3.63, 3.8) is 0 Å². The van der Waals surface area contributed by atoms with E-state index in [0.717, 1.165) is 34.4 Å². The molecule has 0 aliphatic heterocycles. The lowest BCUT2D eigenvalue weighted by Gasteiger charge is -2.10. The van der Waals surface area contributed by atoms with Crippen LogP contribution in [-0.2, 0) is 9.22 Å². The summed E-state index contributed by atoms with van der Waals surface area (Å²) in [5.74, 6) is 0.794. The number of anilines is 1. The second kappa shape index (κ2) is 7.47. The average Bonchev–Trinajstić information content (AvgIpc) is 3.17. The number of hydrogen-bond donors (Lipinski definition) is 2. The third-order valence-electron chi connectivity index (χ3n) is 4.97. The molecule has 0 saturated heterocycles. The Bertz CT molecular complexity index is 1290. The van der Waals surface area contributed by atoms with Gasteiger partial charge in [-0.25, -0.2) is 4.98 Å². The molecule has 0 spiro atoms. The lowest BCUT2D eigenvalue weighted by atomic mass is 10.0. The predicted octanol–water partition coefficient (Wildman–Crippen LogP) is 4.67. The zero-order valence-electron chi connectivity index (χ0n) is 15.5. The van der Waals surface area contributed by atoms with Crippen LogP contribution in [0.25, 0.3) is 27.4 Å². The number of amides is 1. The number of benzene rings is 1. The minimum atomic E-state index is -0.384. The van der Waals surface area contributed by atoms with E-state index in [9.17, 15) is 14.9 Å². The molecule has 4 aromatic rings. The number of nitrogens with zero attached hydrogens (tertiary/aromatic N) is 4. The molecule has 1 amide bonds. The first-order valence-electron chi connectivity index (χ1n) is 9.22. The van der Waals surface area contributed by atoms with Crippen molar-refractivity contribution in [2.24, 2.45) is 5.92 Å². The molecule has 1 aliphatic rings. The van der Waals surface area contributed by atoms with Crippen LogP contribution in [0.3, 0.4) is 0 Å². The topological polar surface area (TPSA) is 119 Å². The summed E-state index contributed by atoms with van der Waals surface area (Å²) in [6.07, 6.45) is 3.76. The maximum atomic E-state index is 12.0. The number of non-ortho nitro benzene ring substituents is 1. The number of carbonyl (C=O) groups excluding carboxylic acids is 1. The standard InChI is InChI=1S/C19H15IN6O3S/c20-9-11-8-12(26(28)29)5-6-13(11)14-2-1-7-25(14)17-15-16(23-24-17)21-19(30-15)22-18(27)10-3-4-10/h1-2,5-8,10H,3-4,9H2,(H2,21,22,23,24,27). The Labute approximate surface area is 187 Å². The third-order valence-corrected chi connectivity index (χ3v) is 6.76. The number of H-pyrrole nitrogens is 1. The molecule has 0 unspecified atom stereocenters. The highest BCUT2D eigenvalue weighted by Crippen LogP contribution is 2.36. The number of carbonyl (C=O) groups is 1. The summed E-state index contributed by atoms with van der Waals surface area (Å²) in [6, 6.07) is 8.76. The van der Waals surface area contributed by atoms with E-state index in [-0.39, 0.29) is 22.4 Å². The van der Waals surface area contributed by atoms with E-state index in [4.69, 9.17) is 0 Å². The molecule has 0 radical (unpaired) electrons. The summed E-state index contributed by atoms with van der Waals surface area (Å²) >= 11 is 3.58. The Morgan fingerprint density at radius 1 is 1.40 bits per heavy atom. The Balaban J connectivity index is 1.55. The smallest absolute Gasteiger partial charge is 0.269 e. The number of thiazole rings is 1. The van der Waals surface area contributed by atoms with E-state index in [0.29, 0.717) is 21.0 Å². The van der Waals surface area contributed by atoms with Crippen molar-refractivity contribution >= 4 is 61.0 Å². The number of nitro groups is 1. The fourth-order valence-electron chi connectivity index (χ4n) is 3.31. The van der Waals surface area contributed by atoms with E-state index >= 15 is 0 Å². The van der Waals surface area contributed by atoms with Gasteiger partial charge in [-0.05, 0) is 36.6 Å². The molecule has 1 fully saturated rings. The fraction of sp³-hybridized carbons (Fsp3) is 0.211. The van der Waals surface area contributed by atoms with Gasteiger partial charge < -0.3 is 5.32 Å². The first-order valence-corrected chi connectivity index (χ1v) is 11.6. The molecule has 0 bridgehead atoms. The minimum absolute atomic E-state index is 0.0140. The molecular weight excluding hydrogens is 519 g/mol. The lowest BCUT2D eigenvalue weighted by Crippen LogP contribution is -2.12. The van der Waals surface area contributed by atoms with Crippen LogP contribution in [0.5, 0.6) is 0 Å². The third kappa shape index (κ3) is 3.37. The number of nitrogens with one attached hydrogen (secondary N) is 2. The zero-order chi connectivity index (χ0) is 20.8. The number of nitro benzene ring substituents is 1. The van der Waals surface area contributed by atoms with Crippen LogP contribution in [0.4, 0.5) is 10.8 Å². The molecule has 152 valence electrons. The number of halogens is 1. The van der Waals surface area contributed by atoms with Crippen molar-refractivity contribution in [3.8, 4) is 17.1 Å². The van der Waals surface area contributed by atoms with E-state index in [1.165, 1.54) is 17.4 Å². The number of alkyl halides is 1. The quantitative estimate of drug-likeness (QED) is 0.161. The van der Waals surface area contributed by atoms with Crippen molar-refractivity contribution in [2.75, 3.05) is 5.32 Å². The second-order valence-electron chi connectivity index (χ2n) is 7.00. The van der Waals surface area contributed by atoms with Gasteiger partial charge in [0.1, 0.15) is 4.70 Å². The molecule has 1 aromatic carbocycles. The molecule has 1 aliphatic carbocycles. The van der Waals surface area contributed by atoms with Gasteiger partial charge in [0.15, 0.2) is 16.6 Å². The summed E-state index contributed by atoms with van der Waals surface area (Å²) in [6.45, 7) is 0. The average molecular weight is 534 g/mol. The van der Waals surface area contributed by atoms with Gasteiger partial charge >= 0.3 is 0 Å². The summed E-state index contributed by atoms with van der Waals surface area (Å²) in [5, 5.41) is 21.9. The van der Waals surface area contributed by atoms with Crippen molar-refractivity contribution < 1.29 is 9.72 Å². The first-order chi connectivity index (χ1) is 14.5. The zero-order valence-corrected chi connectivity index (χ0v) is 18.4. The van der Waals surface area contributed by atoms with E-state index in [1.54, 1.807) is 12.1 Å². The molecule has 3 heterocycles. The SMILES string of the molecule is O=C(Nc1nc2[nH]nc(-n3cccc3-c3ccc([N+](=O)[O-])cc3CI)c2s1)C1CC1. The van der Waals surface area contributed by atoms with Crippen LogP contribution in [-0.4, -0.2) is 30.6 Å². The lowest BCUT2D eigenvalue weighted by molar-refractivity contribution is -0.384. The Morgan fingerprint density at radius 3 is 2.97 bits per heavy atom. The van der Waals surface area contributed by atoms with Crippen LogP contribution in [0, 0.1) is 16.0 Å². The number of hydrogen-bond acceptors (Lipinski definition) is 6. The van der Waals surface area contributed by atoms with Crippen molar-refractivity contribution in [1.29, 1.82) is 0 Å². The van der Waals surface area contributed by atoms with Crippen molar-refractivity contribution in [1.82, 2.24) is 19.7 Å². The van der Waals surface area contributed by atoms with Crippen LogP contribution >= 0.6 is 33.9 Å². The van der Waals surface area contributed by atoms with Gasteiger partial charge in [-0.1, -0.05) is 33.9 Å². The van der Waals surface area contributed by atoms with E-state index in [2.05, 4.69) is 43.1 Å². The molecule has 9 nitrogen and oxygen atoms in total. The Hall–Kier alpha value is -2.80. The number of fused-ring (bicyclic) bond motifs is 1. The Kier molecular flexibility index (Phi) is 4.77. The maximum Gasteiger partial charge on any atom is 0.269 e. The second-order valence-corrected chi connectivity index (χ2v) is 8.76. The van der Waals surface area contributed by atoms with Gasteiger partial charge in [0.2, 0.25) is 5.91 Å². The first kappa shape index (κ1) is 19.2.